The van der Waals surface area contributed by atoms with Gasteiger partial charge in [0.25, 0.3) is 0 Å². The predicted octanol–water partition coefficient (Wildman–Crippen LogP) is 0.906. The van der Waals surface area contributed by atoms with E-state index in [1.807, 2.05) is 6.08 Å². The number of hydrogen-bond donors (Lipinski definition) is 0. The fourth-order valence-electron chi connectivity index (χ4n) is 2.25. The van der Waals surface area contributed by atoms with E-state index in [0.29, 0.717) is 5.92 Å². The van der Waals surface area contributed by atoms with E-state index in [4.69, 9.17) is 0 Å². The smallest absolute Gasteiger partial charge is 1.00 e. The van der Waals surface area contributed by atoms with Gasteiger partial charge in [0, 0.05) is 0 Å². The van der Waals surface area contributed by atoms with Gasteiger partial charge in [-0.25, -0.2) is 34.9 Å². The molecule has 0 saturated heterocycles. The van der Waals surface area contributed by atoms with Crippen LogP contribution in [0.2, 0.25) is 13.1 Å². The van der Waals surface area contributed by atoms with Crippen molar-refractivity contribution in [3.05, 3.63) is 70.4 Å². The molecule has 27 heavy (non-hydrogen) atoms. The van der Waals surface area contributed by atoms with Crippen LogP contribution in [0.4, 0.5) is 0 Å². The third-order valence-electron chi connectivity index (χ3n) is 3.30. The largest absolute Gasteiger partial charge is 1.00 e. The Balaban J connectivity index is -0.000000283. The molecule has 0 radical (unpaired) electrons. The molecule has 3 rings (SSSR count). The van der Waals surface area contributed by atoms with Crippen LogP contribution in [0.1, 0.15) is 54.4 Å². The van der Waals surface area contributed by atoms with Gasteiger partial charge in [-0.05, 0) is 0 Å². The van der Waals surface area contributed by atoms with Gasteiger partial charge in [0.15, 0.2) is 0 Å². The van der Waals surface area contributed by atoms with Crippen molar-refractivity contribution in [2.45, 2.75) is 67.5 Å². The molecular weight excluding hydrogens is 423 g/mol. The molecule has 0 spiro atoms. The fraction of sp³-hybridized carbons (Fsp3) is 0.478. The zero-order chi connectivity index (χ0) is 19.4. The minimum atomic E-state index is 0. The first-order valence-corrected chi connectivity index (χ1v) is 13.7. The molecule has 0 aromatic rings. The molecule has 0 aromatic heterocycles. The molecule has 150 valence electrons. The van der Waals surface area contributed by atoms with Crippen molar-refractivity contribution in [1.29, 1.82) is 0 Å². The summed E-state index contributed by atoms with van der Waals surface area (Å²) in [5.74, 6) is 0.556. The van der Waals surface area contributed by atoms with Gasteiger partial charge in [0.05, 0.1) is 0 Å². The molecule has 0 fully saturated rings. The van der Waals surface area contributed by atoms with Crippen LogP contribution in [0, 0.1) is 24.1 Å². The van der Waals surface area contributed by atoms with Crippen molar-refractivity contribution in [3.8, 4) is 0 Å². The minimum absolute atomic E-state index is 0. The SMILES string of the molecule is CC1=CC(C)[C-]=C1.CC1=[C-]CC(C)=C1.CC1=[C-]CC(C)=C1.C[Si](C)=[Ti+2].[Cl-].[Cl-]. The van der Waals surface area contributed by atoms with Gasteiger partial charge < -0.3 is 24.8 Å². The first-order valence-electron chi connectivity index (χ1n) is 8.88. The summed E-state index contributed by atoms with van der Waals surface area (Å²) < 4.78 is 0. The third-order valence-corrected chi connectivity index (χ3v) is 3.30. The second-order valence-electron chi connectivity index (χ2n) is 7.06. The van der Waals surface area contributed by atoms with Gasteiger partial charge in [0.1, 0.15) is 0 Å². The quantitative estimate of drug-likeness (QED) is 0.376. The van der Waals surface area contributed by atoms with E-state index in [9.17, 15) is 0 Å². The van der Waals surface area contributed by atoms with Crippen molar-refractivity contribution in [3.63, 3.8) is 0 Å². The number of halogens is 2. The summed E-state index contributed by atoms with van der Waals surface area (Å²) in [7, 11) is 0. The molecule has 0 aliphatic heterocycles. The molecule has 1 atom stereocenters. The topological polar surface area (TPSA) is 0 Å². The average Bonchev–Trinajstić information content (AvgIpc) is 3.15. The fourth-order valence-corrected chi connectivity index (χ4v) is 2.25. The van der Waals surface area contributed by atoms with Crippen molar-refractivity contribution in [1.82, 2.24) is 0 Å². The van der Waals surface area contributed by atoms with Crippen LogP contribution in [0.5, 0.6) is 0 Å². The summed E-state index contributed by atoms with van der Waals surface area (Å²) in [6.45, 7) is 17.2. The second-order valence-corrected chi connectivity index (χ2v) is 13.7. The molecular formula is C23H33Cl2SiTi-3. The number of allylic oxidation sites excluding steroid dienone is 12. The van der Waals surface area contributed by atoms with E-state index in [2.05, 4.69) is 110 Å². The maximum atomic E-state index is 3.19. The Labute approximate surface area is 193 Å². The van der Waals surface area contributed by atoms with Crippen LogP contribution in [0.3, 0.4) is 0 Å². The Morgan fingerprint density at radius 1 is 0.889 bits per heavy atom. The van der Waals surface area contributed by atoms with Gasteiger partial charge in [-0.3, -0.25) is 18.2 Å². The van der Waals surface area contributed by atoms with Crippen LogP contribution in [-0.4, -0.2) is 6.19 Å². The molecule has 0 aromatic carbocycles. The summed E-state index contributed by atoms with van der Waals surface area (Å²) >= 11 is 2.27. The maximum absolute atomic E-state index is 3.19. The van der Waals surface area contributed by atoms with E-state index in [0.717, 1.165) is 12.8 Å². The summed E-state index contributed by atoms with van der Waals surface area (Å²) in [5, 5.41) is 0. The van der Waals surface area contributed by atoms with Crippen molar-refractivity contribution < 1.29 is 44.0 Å². The summed E-state index contributed by atoms with van der Waals surface area (Å²) in [4.78, 5) is 0. The zero-order valence-electron chi connectivity index (χ0n) is 18.1. The Morgan fingerprint density at radius 2 is 1.26 bits per heavy atom. The first-order chi connectivity index (χ1) is 11.6. The van der Waals surface area contributed by atoms with Gasteiger partial charge in [0.2, 0.25) is 0 Å². The Kier molecular flexibility index (Phi) is 21.1. The molecule has 0 bridgehead atoms. The maximum Gasteiger partial charge on any atom is -1.00 e. The second kappa shape index (κ2) is 18.0. The molecule has 0 heterocycles. The zero-order valence-corrected chi connectivity index (χ0v) is 22.1. The van der Waals surface area contributed by atoms with Gasteiger partial charge in [-0.1, -0.05) is 40.5 Å². The summed E-state index contributed by atoms with van der Waals surface area (Å²) in [6.07, 6.45) is 20.3. The van der Waals surface area contributed by atoms with E-state index in [1.54, 1.807) is 0 Å². The summed E-state index contributed by atoms with van der Waals surface area (Å²) in [6, 6.07) is 0. The van der Waals surface area contributed by atoms with E-state index >= 15 is 0 Å². The average molecular weight is 456 g/mol. The predicted molar refractivity (Wildman–Crippen MR) is 110 cm³/mol. The van der Waals surface area contributed by atoms with E-state index in [-0.39, 0.29) is 31.0 Å². The van der Waals surface area contributed by atoms with Gasteiger partial charge in [-0.15, -0.1) is 19.8 Å². The minimum Gasteiger partial charge on any atom is -1.00 e. The molecule has 0 nitrogen and oxygen atoms in total. The molecule has 1 unspecified atom stereocenters. The van der Waals surface area contributed by atoms with Crippen LogP contribution >= 0.6 is 0 Å². The molecule has 3 aliphatic carbocycles. The number of hydrogen-bond acceptors (Lipinski definition) is 0. The van der Waals surface area contributed by atoms with Crippen LogP contribution in [0.25, 0.3) is 0 Å². The van der Waals surface area contributed by atoms with Crippen molar-refractivity contribution in [2.75, 3.05) is 0 Å². The van der Waals surface area contributed by atoms with Crippen molar-refractivity contribution >= 4 is 6.19 Å². The van der Waals surface area contributed by atoms with Crippen LogP contribution in [0.15, 0.2) is 52.2 Å². The third kappa shape index (κ3) is 20.5. The monoisotopic (exact) mass is 455 g/mol. The standard InChI is InChI=1S/3C7H9.C2H6Si.2ClH.Ti/c3*1-6-3-4-7(2)5-6;1-3-2;;;/h2*5H,3H2,1-2H3;3,5,7H,1-2H3;1-2H3;2*1H;/q3*-1;;;;+2/p-2. The van der Waals surface area contributed by atoms with E-state index in [1.165, 1.54) is 27.9 Å². The van der Waals surface area contributed by atoms with Gasteiger partial charge >= 0.3 is 38.5 Å². The number of rotatable bonds is 0. The van der Waals surface area contributed by atoms with E-state index < -0.39 is 0 Å². The molecule has 0 saturated carbocycles. The van der Waals surface area contributed by atoms with Crippen molar-refractivity contribution in [2.24, 2.45) is 5.92 Å². The van der Waals surface area contributed by atoms with Crippen LogP contribution < -0.4 is 24.8 Å². The molecule has 3 aliphatic rings. The van der Waals surface area contributed by atoms with Gasteiger partial charge in [-0.2, -0.15) is 17.2 Å². The Morgan fingerprint density at radius 3 is 1.33 bits per heavy atom. The summed E-state index contributed by atoms with van der Waals surface area (Å²) in [5.41, 5.74) is 6.78. The molecule has 0 amide bonds. The molecule has 0 N–H and O–H groups in total. The van der Waals surface area contributed by atoms with Crippen LogP contribution in [-0.2, 0) is 19.2 Å². The Bertz CT molecular complexity index is 597. The molecule has 4 heteroatoms. The Hall–Kier alpha value is -0.0488. The first kappa shape index (κ1) is 31.6. The normalized spacial score (nSPS) is 18.3.